The minimum Gasteiger partial charge on any atom is -0.252 e. The smallest absolute Gasteiger partial charge is 0.0876 e. The highest BCUT2D eigenvalue weighted by Gasteiger charge is 2.58. The molecule has 0 aromatic rings. The largest absolute Gasteiger partial charge is 0.252 e. The van der Waals surface area contributed by atoms with Crippen molar-refractivity contribution in [2.75, 3.05) is 26.4 Å². The van der Waals surface area contributed by atoms with Crippen LogP contribution in [0.25, 0.3) is 0 Å². The van der Waals surface area contributed by atoms with Crippen LogP contribution < -0.4 is 0 Å². The summed E-state index contributed by atoms with van der Waals surface area (Å²) in [5, 5.41) is 37.6. The third kappa shape index (κ3) is 6.53. The second-order valence-electron chi connectivity index (χ2n) is 15.5. The van der Waals surface area contributed by atoms with Crippen LogP contribution in [0.1, 0.15) is 120 Å². The lowest BCUT2D eigenvalue weighted by Crippen LogP contribution is -2.55. The molecule has 2 saturated carbocycles. The van der Waals surface area contributed by atoms with Gasteiger partial charge < -0.3 is 0 Å². The van der Waals surface area contributed by atoms with Gasteiger partial charge in [0, 0.05) is 0 Å². The molecule has 0 atom stereocenters. The molecule has 0 aromatic heterocycles. The van der Waals surface area contributed by atoms with Crippen LogP contribution in [0.2, 0.25) is 0 Å². The monoisotopic (exact) mass is 560 g/mol. The molecular formula is C31H60O8. The first-order valence-electron chi connectivity index (χ1n) is 15.1. The summed E-state index contributed by atoms with van der Waals surface area (Å²) < 4.78 is 0. The van der Waals surface area contributed by atoms with Crippen LogP contribution in [0, 0.1) is 50.2 Å². The van der Waals surface area contributed by atoms with Crippen LogP contribution in [-0.4, -0.2) is 47.5 Å². The Hall–Kier alpha value is -0.320. The van der Waals surface area contributed by atoms with Crippen molar-refractivity contribution in [3.8, 4) is 0 Å². The number of hydrogen-bond acceptors (Lipinski definition) is 8. The standard InChI is InChI=1S/C31H60O8/c1-10-25(23-11-15-30(16-12-23,26(2,3)19-36-32)27(4,5)20-37-33)24-13-17-31(18-14-24,28(6,7)21-38-34)29(8,9)22-39-35/h23-25,32-35H,10-22H2,1-9H3. The van der Waals surface area contributed by atoms with Gasteiger partial charge in [0.15, 0.2) is 0 Å². The SMILES string of the molecule is CCC(C1CCC(C(C)(C)COO)(C(C)(C)COO)CC1)C1CCC(C(C)(C)COO)(C(C)(C)COO)CC1. The fourth-order valence-corrected chi connectivity index (χ4v) is 9.91. The van der Waals surface area contributed by atoms with Gasteiger partial charge in [-0.05, 0) is 102 Å². The van der Waals surface area contributed by atoms with Crippen LogP contribution >= 0.6 is 0 Å². The van der Waals surface area contributed by atoms with Crippen molar-refractivity contribution >= 4 is 0 Å². The average molecular weight is 561 g/mol. The highest BCUT2D eigenvalue weighted by atomic mass is 17.1. The van der Waals surface area contributed by atoms with E-state index in [0.717, 1.165) is 57.8 Å². The van der Waals surface area contributed by atoms with E-state index in [0.29, 0.717) is 17.8 Å². The predicted molar refractivity (Wildman–Crippen MR) is 152 cm³/mol. The van der Waals surface area contributed by atoms with Crippen LogP contribution in [0.5, 0.6) is 0 Å². The maximum atomic E-state index is 9.39. The Balaban J connectivity index is 2.26. The van der Waals surface area contributed by atoms with Crippen LogP contribution in [0.15, 0.2) is 0 Å². The molecule has 0 bridgehead atoms. The van der Waals surface area contributed by atoms with Crippen LogP contribution in [0.4, 0.5) is 0 Å². The molecule has 2 aliphatic rings. The molecule has 8 nitrogen and oxygen atoms in total. The van der Waals surface area contributed by atoms with E-state index < -0.39 is 0 Å². The summed E-state index contributed by atoms with van der Waals surface area (Å²) in [6.07, 6.45) is 9.58. The molecule has 2 aliphatic carbocycles. The maximum Gasteiger partial charge on any atom is 0.0876 e. The van der Waals surface area contributed by atoms with Gasteiger partial charge in [0.1, 0.15) is 0 Å². The molecule has 0 unspecified atom stereocenters. The Morgan fingerprint density at radius 2 is 0.769 bits per heavy atom. The summed E-state index contributed by atoms with van der Waals surface area (Å²) >= 11 is 0. The van der Waals surface area contributed by atoms with E-state index in [1.54, 1.807) is 0 Å². The Bertz CT molecular complexity index is 631. The number of rotatable bonds is 15. The van der Waals surface area contributed by atoms with Crippen molar-refractivity contribution in [3.05, 3.63) is 0 Å². The lowest BCUT2D eigenvalue weighted by atomic mass is 9.45. The molecule has 0 radical (unpaired) electrons. The highest BCUT2D eigenvalue weighted by Crippen LogP contribution is 2.64. The predicted octanol–water partition coefficient (Wildman–Crippen LogP) is 8.43. The van der Waals surface area contributed by atoms with Gasteiger partial charge in [-0.3, -0.25) is 21.0 Å². The van der Waals surface area contributed by atoms with Gasteiger partial charge in [-0.1, -0.05) is 68.7 Å². The van der Waals surface area contributed by atoms with Gasteiger partial charge in [0.05, 0.1) is 26.4 Å². The van der Waals surface area contributed by atoms with Crippen LogP contribution in [0.3, 0.4) is 0 Å². The third-order valence-corrected chi connectivity index (χ3v) is 12.3. The molecular weight excluding hydrogens is 500 g/mol. The zero-order valence-electron chi connectivity index (χ0n) is 26.3. The van der Waals surface area contributed by atoms with Crippen molar-refractivity contribution in [1.82, 2.24) is 0 Å². The fraction of sp³-hybridized carbons (Fsp3) is 1.00. The van der Waals surface area contributed by atoms with Gasteiger partial charge >= 0.3 is 0 Å². The zero-order valence-corrected chi connectivity index (χ0v) is 26.3. The van der Waals surface area contributed by atoms with E-state index in [2.05, 4.69) is 62.3 Å². The first kappa shape index (κ1) is 34.9. The normalized spacial score (nSPS) is 22.0. The summed E-state index contributed by atoms with van der Waals surface area (Å²) in [5.74, 6) is 1.88. The Labute approximate surface area is 237 Å². The first-order chi connectivity index (χ1) is 18.1. The van der Waals surface area contributed by atoms with E-state index in [4.69, 9.17) is 19.6 Å². The van der Waals surface area contributed by atoms with Gasteiger partial charge in [-0.15, -0.1) is 0 Å². The van der Waals surface area contributed by atoms with Gasteiger partial charge in [-0.2, -0.15) is 0 Å². The van der Waals surface area contributed by atoms with Crippen molar-refractivity contribution in [3.63, 3.8) is 0 Å². The molecule has 39 heavy (non-hydrogen) atoms. The van der Waals surface area contributed by atoms with Gasteiger partial charge in [0.2, 0.25) is 0 Å². The molecule has 0 aliphatic heterocycles. The molecule has 232 valence electrons. The Morgan fingerprint density at radius 1 is 0.538 bits per heavy atom. The van der Waals surface area contributed by atoms with E-state index >= 15 is 0 Å². The summed E-state index contributed by atoms with van der Waals surface area (Å²) in [6, 6.07) is 0. The summed E-state index contributed by atoms with van der Waals surface area (Å²) in [4.78, 5) is 18.8. The average Bonchev–Trinajstić information content (AvgIpc) is 2.84. The first-order valence-corrected chi connectivity index (χ1v) is 15.1. The molecule has 2 fully saturated rings. The molecule has 0 heterocycles. The Kier molecular flexibility index (Phi) is 11.9. The topological polar surface area (TPSA) is 118 Å². The lowest BCUT2D eigenvalue weighted by Gasteiger charge is -2.60. The summed E-state index contributed by atoms with van der Waals surface area (Å²) in [7, 11) is 0. The molecule has 0 saturated heterocycles. The quantitative estimate of drug-likeness (QED) is 0.116. The Morgan fingerprint density at radius 3 is 0.949 bits per heavy atom. The van der Waals surface area contributed by atoms with Crippen LogP contribution in [-0.2, 0) is 19.6 Å². The second-order valence-corrected chi connectivity index (χ2v) is 15.5. The minimum absolute atomic E-state index is 0.148. The second kappa shape index (κ2) is 13.3. The fourth-order valence-electron chi connectivity index (χ4n) is 9.91. The van der Waals surface area contributed by atoms with Crippen molar-refractivity contribution in [2.45, 2.75) is 120 Å². The third-order valence-electron chi connectivity index (χ3n) is 12.3. The summed E-state index contributed by atoms with van der Waals surface area (Å²) in [5.41, 5.74) is -1.46. The summed E-state index contributed by atoms with van der Waals surface area (Å²) in [6.45, 7) is 20.6. The molecule has 4 N–H and O–H groups in total. The van der Waals surface area contributed by atoms with Gasteiger partial charge in [-0.25, -0.2) is 19.6 Å². The molecule has 0 aromatic carbocycles. The molecule has 2 rings (SSSR count). The molecule has 8 heteroatoms. The van der Waals surface area contributed by atoms with Crippen molar-refractivity contribution < 1.29 is 40.6 Å². The highest BCUT2D eigenvalue weighted by molar-refractivity contribution is 5.07. The number of hydrogen-bond donors (Lipinski definition) is 4. The van der Waals surface area contributed by atoms with E-state index in [9.17, 15) is 21.0 Å². The zero-order chi connectivity index (χ0) is 29.8. The van der Waals surface area contributed by atoms with E-state index in [1.807, 2.05) is 0 Å². The van der Waals surface area contributed by atoms with E-state index in [1.165, 1.54) is 0 Å². The molecule has 0 amide bonds. The molecule has 0 spiro atoms. The minimum atomic E-state index is -0.290. The van der Waals surface area contributed by atoms with Crippen molar-refractivity contribution in [1.29, 1.82) is 0 Å². The van der Waals surface area contributed by atoms with Crippen molar-refractivity contribution in [2.24, 2.45) is 50.2 Å². The van der Waals surface area contributed by atoms with E-state index in [-0.39, 0.29) is 58.9 Å². The lowest BCUT2D eigenvalue weighted by molar-refractivity contribution is -0.303. The maximum absolute atomic E-state index is 9.39. The van der Waals surface area contributed by atoms with Gasteiger partial charge in [0.25, 0.3) is 0 Å².